The lowest BCUT2D eigenvalue weighted by atomic mass is 10.2. The third-order valence-corrected chi connectivity index (χ3v) is 3.60. The molecule has 3 rings (SSSR count). The third kappa shape index (κ3) is 2.19. The summed E-state index contributed by atoms with van der Waals surface area (Å²) in [5, 5.41) is 0.672. The Bertz CT molecular complexity index is 912. The molecule has 0 radical (unpaired) electrons. The summed E-state index contributed by atoms with van der Waals surface area (Å²) >= 11 is 9.17. The number of rotatable bonds is 1. The number of fused-ring (bicyclic) bond motifs is 1. The average Bonchev–Trinajstić information content (AvgIpc) is 2.42. The molecule has 0 N–H and O–H groups in total. The number of hydrogen-bond acceptors (Lipinski definition) is 3. The van der Waals surface area contributed by atoms with E-state index in [0.717, 1.165) is 9.04 Å². The quantitative estimate of drug-likeness (QED) is 0.675. The van der Waals surface area contributed by atoms with Crippen LogP contribution in [-0.4, -0.2) is 4.57 Å². The third-order valence-electron chi connectivity index (χ3n) is 2.84. The van der Waals surface area contributed by atoms with Gasteiger partial charge in [0.15, 0.2) is 0 Å². The minimum atomic E-state index is -0.729. The van der Waals surface area contributed by atoms with Gasteiger partial charge >= 0.3 is 5.76 Å². The van der Waals surface area contributed by atoms with Gasteiger partial charge in [0.2, 0.25) is 0 Å². The Morgan fingerprint density at radius 2 is 1.75 bits per heavy atom. The van der Waals surface area contributed by atoms with E-state index in [9.17, 15) is 9.59 Å². The monoisotopic (exact) mass is 351 g/mol. The Hall–Kier alpha value is -1.85. The highest BCUT2D eigenvalue weighted by atomic mass is 79.9. The molecule has 1 heterocycles. The molecule has 0 spiro atoms. The van der Waals surface area contributed by atoms with E-state index in [1.807, 2.05) is 0 Å². The minimum Gasteiger partial charge on any atom is -0.409 e. The maximum atomic E-state index is 12.4. The van der Waals surface area contributed by atoms with Crippen LogP contribution in [0.4, 0.5) is 0 Å². The first-order valence-corrected chi connectivity index (χ1v) is 6.85. The maximum absolute atomic E-state index is 12.4. The summed E-state index contributed by atoms with van der Waals surface area (Å²) < 4.78 is 6.98. The highest BCUT2D eigenvalue weighted by Gasteiger charge is 2.11. The second-order valence-electron chi connectivity index (χ2n) is 4.13. The van der Waals surface area contributed by atoms with E-state index >= 15 is 0 Å². The molecule has 0 saturated heterocycles. The van der Waals surface area contributed by atoms with Crippen molar-refractivity contribution in [3.8, 4) is 5.69 Å². The number of halogens is 2. The molecule has 0 amide bonds. The predicted octanol–water partition coefficient (Wildman–Crippen LogP) is 3.36. The molecule has 0 aliphatic carbocycles. The molecule has 0 atom stereocenters. The minimum absolute atomic E-state index is 0.220. The van der Waals surface area contributed by atoms with E-state index in [-0.39, 0.29) is 11.0 Å². The molecule has 2 aromatic carbocycles. The van der Waals surface area contributed by atoms with Crippen molar-refractivity contribution < 1.29 is 4.42 Å². The molecule has 6 heteroatoms. The molecule has 0 fully saturated rings. The molecule has 0 aliphatic heterocycles. The van der Waals surface area contributed by atoms with E-state index in [1.165, 1.54) is 12.1 Å². The van der Waals surface area contributed by atoms with Crippen LogP contribution in [0.1, 0.15) is 0 Å². The number of hydrogen-bond donors (Lipinski definition) is 0. The standard InChI is InChI=1S/C14H7BrClNO3/c15-8-1-4-10(5-2-8)17-13(18)11-7-9(16)3-6-12(11)20-14(17)19/h1-7H. The van der Waals surface area contributed by atoms with Crippen LogP contribution < -0.4 is 11.3 Å². The fraction of sp³-hybridized carbons (Fsp3) is 0. The number of aromatic nitrogens is 1. The van der Waals surface area contributed by atoms with Gasteiger partial charge < -0.3 is 4.42 Å². The summed E-state index contributed by atoms with van der Waals surface area (Å²) in [6.07, 6.45) is 0. The predicted molar refractivity (Wildman–Crippen MR) is 80.8 cm³/mol. The molecular formula is C14H7BrClNO3. The second kappa shape index (κ2) is 4.92. The zero-order valence-electron chi connectivity index (χ0n) is 9.97. The van der Waals surface area contributed by atoms with Crippen LogP contribution in [0.5, 0.6) is 0 Å². The van der Waals surface area contributed by atoms with Crippen molar-refractivity contribution in [1.29, 1.82) is 0 Å². The smallest absolute Gasteiger partial charge is 0.409 e. The Morgan fingerprint density at radius 1 is 1.05 bits per heavy atom. The zero-order valence-corrected chi connectivity index (χ0v) is 12.3. The number of nitrogens with zero attached hydrogens (tertiary/aromatic N) is 1. The lowest BCUT2D eigenvalue weighted by Crippen LogP contribution is -2.30. The fourth-order valence-electron chi connectivity index (χ4n) is 1.91. The van der Waals surface area contributed by atoms with Gasteiger partial charge in [0.25, 0.3) is 5.56 Å². The highest BCUT2D eigenvalue weighted by Crippen LogP contribution is 2.16. The van der Waals surface area contributed by atoms with E-state index in [0.29, 0.717) is 10.7 Å². The van der Waals surface area contributed by atoms with Crippen molar-refractivity contribution >= 4 is 38.5 Å². The molecule has 20 heavy (non-hydrogen) atoms. The molecule has 0 saturated carbocycles. The Labute approximate surface area is 126 Å². The fourth-order valence-corrected chi connectivity index (χ4v) is 2.35. The van der Waals surface area contributed by atoms with E-state index < -0.39 is 11.3 Å². The maximum Gasteiger partial charge on any atom is 0.426 e. The van der Waals surface area contributed by atoms with Gasteiger partial charge in [0, 0.05) is 9.50 Å². The van der Waals surface area contributed by atoms with Gasteiger partial charge in [-0.1, -0.05) is 27.5 Å². The SMILES string of the molecule is O=c1oc2ccc(Cl)cc2c(=O)n1-c1ccc(Br)cc1. The van der Waals surface area contributed by atoms with Crippen LogP contribution in [0.25, 0.3) is 16.7 Å². The Kier molecular flexibility index (Phi) is 3.23. The van der Waals surface area contributed by atoms with Gasteiger partial charge in [-0.15, -0.1) is 0 Å². The summed E-state index contributed by atoms with van der Waals surface area (Å²) in [5.41, 5.74) is 0.202. The van der Waals surface area contributed by atoms with Crippen LogP contribution in [-0.2, 0) is 0 Å². The first-order chi connectivity index (χ1) is 9.56. The van der Waals surface area contributed by atoms with Gasteiger partial charge in [-0.2, -0.15) is 0 Å². The molecule has 100 valence electrons. The normalized spacial score (nSPS) is 10.9. The summed E-state index contributed by atoms with van der Waals surface area (Å²) in [4.78, 5) is 24.4. The van der Waals surface area contributed by atoms with Gasteiger partial charge in [-0.05, 0) is 42.5 Å². The molecule has 3 aromatic rings. The average molecular weight is 353 g/mol. The largest absolute Gasteiger partial charge is 0.426 e. The van der Waals surface area contributed by atoms with Crippen molar-refractivity contribution in [3.63, 3.8) is 0 Å². The first-order valence-electron chi connectivity index (χ1n) is 5.67. The van der Waals surface area contributed by atoms with Crippen LogP contribution in [0.15, 0.2) is 60.9 Å². The van der Waals surface area contributed by atoms with Gasteiger partial charge in [0.1, 0.15) is 5.58 Å². The molecule has 1 aromatic heterocycles. The van der Waals surface area contributed by atoms with Crippen LogP contribution in [0.2, 0.25) is 5.02 Å². The molecule has 0 aliphatic rings. The highest BCUT2D eigenvalue weighted by molar-refractivity contribution is 9.10. The summed E-state index contributed by atoms with van der Waals surface area (Å²) in [7, 11) is 0. The topological polar surface area (TPSA) is 52.2 Å². The molecular weight excluding hydrogens is 346 g/mol. The van der Waals surface area contributed by atoms with Crippen LogP contribution >= 0.6 is 27.5 Å². The lowest BCUT2D eigenvalue weighted by Gasteiger charge is -2.05. The van der Waals surface area contributed by atoms with Crippen LogP contribution in [0.3, 0.4) is 0 Å². The van der Waals surface area contributed by atoms with E-state index in [2.05, 4.69) is 15.9 Å². The first kappa shape index (κ1) is 13.1. The second-order valence-corrected chi connectivity index (χ2v) is 5.48. The van der Waals surface area contributed by atoms with Gasteiger partial charge in [-0.3, -0.25) is 4.79 Å². The molecule has 4 nitrogen and oxygen atoms in total. The van der Waals surface area contributed by atoms with Crippen molar-refractivity contribution in [2.75, 3.05) is 0 Å². The van der Waals surface area contributed by atoms with Crippen molar-refractivity contribution in [3.05, 3.63) is 72.9 Å². The summed E-state index contributed by atoms with van der Waals surface area (Å²) in [6.45, 7) is 0. The number of benzene rings is 2. The van der Waals surface area contributed by atoms with E-state index in [4.69, 9.17) is 16.0 Å². The summed E-state index contributed by atoms with van der Waals surface area (Å²) in [6, 6.07) is 11.3. The molecule has 0 bridgehead atoms. The van der Waals surface area contributed by atoms with Crippen LogP contribution in [0, 0.1) is 0 Å². The van der Waals surface area contributed by atoms with E-state index in [1.54, 1.807) is 30.3 Å². The van der Waals surface area contributed by atoms with Gasteiger partial charge in [0.05, 0.1) is 11.1 Å². The summed E-state index contributed by atoms with van der Waals surface area (Å²) in [5.74, 6) is -0.729. The van der Waals surface area contributed by atoms with Gasteiger partial charge in [-0.25, -0.2) is 9.36 Å². The van der Waals surface area contributed by atoms with Crippen molar-refractivity contribution in [2.45, 2.75) is 0 Å². The van der Waals surface area contributed by atoms with Crippen molar-refractivity contribution in [1.82, 2.24) is 4.57 Å². The Morgan fingerprint density at radius 3 is 2.45 bits per heavy atom. The molecule has 0 unspecified atom stereocenters. The zero-order chi connectivity index (χ0) is 14.3. The Balaban J connectivity index is 2.39. The van der Waals surface area contributed by atoms with Crippen molar-refractivity contribution in [2.24, 2.45) is 0 Å². The lowest BCUT2D eigenvalue weighted by molar-refractivity contribution is 0.504.